The zero-order valence-electron chi connectivity index (χ0n) is 9.22. The Morgan fingerprint density at radius 3 is 0.923 bits per heavy atom. The van der Waals surface area contributed by atoms with E-state index in [4.69, 9.17) is 17.2 Å². The van der Waals surface area contributed by atoms with Crippen molar-refractivity contribution in [3.05, 3.63) is 17.2 Å². The van der Waals surface area contributed by atoms with Gasteiger partial charge in [0.15, 0.2) is 0 Å². The van der Waals surface area contributed by atoms with Crippen LogP contribution in [0.2, 0.25) is 0 Å². The first kappa shape index (κ1) is 23.3. The fourth-order valence-electron chi connectivity index (χ4n) is 0. The molecule has 0 aliphatic rings. The van der Waals surface area contributed by atoms with Gasteiger partial charge in [-0.25, -0.2) is 0 Å². The Labute approximate surface area is 95.4 Å². The summed E-state index contributed by atoms with van der Waals surface area (Å²) in [5.41, 5.74) is 18.6. The van der Waals surface area contributed by atoms with Crippen molar-refractivity contribution < 1.29 is 20.9 Å². The monoisotopic (exact) mass is 356 g/mol. The molecule has 0 amide bonds. The zero-order chi connectivity index (χ0) is 11.5. The topological polar surface area (TPSA) is 83.8 Å². The van der Waals surface area contributed by atoms with Gasteiger partial charge in [-0.2, -0.15) is 19.6 Å². The normalized spacial score (nSPS) is 6.00. The summed E-state index contributed by atoms with van der Waals surface area (Å²) in [5.74, 6) is 0. The third kappa shape index (κ3) is 669. The number of nitrogens with one attached hydrogen (secondary N) is 3. The summed E-state index contributed by atoms with van der Waals surface area (Å²) in [6.45, 7) is 9.91. The van der Waals surface area contributed by atoms with E-state index in [2.05, 4.69) is 3.34 Å². The maximum atomic E-state index is 6.21. The Morgan fingerprint density at radius 1 is 0.846 bits per heavy atom. The molecule has 0 saturated carbocycles. The van der Waals surface area contributed by atoms with E-state index in [0.29, 0.717) is 19.6 Å². The van der Waals surface area contributed by atoms with Gasteiger partial charge in [0, 0.05) is 0 Å². The summed E-state index contributed by atoms with van der Waals surface area (Å²) in [6.07, 6.45) is 0. The van der Waals surface area contributed by atoms with E-state index in [1.807, 2.05) is 6.92 Å². The minimum atomic E-state index is 0.500. The molecule has 0 aromatic rings. The van der Waals surface area contributed by atoms with Crippen LogP contribution in [0.15, 0.2) is 3.34 Å². The predicted octanol–water partition coefficient (Wildman–Crippen LogP) is 3.91. The quantitative estimate of drug-likeness (QED) is 0.682. The van der Waals surface area contributed by atoms with Crippen molar-refractivity contribution in [2.75, 3.05) is 26.2 Å². The Hall–Kier alpha value is 0.420. The molecule has 0 saturated heterocycles. The van der Waals surface area contributed by atoms with Crippen molar-refractivity contribution in [2.24, 2.45) is 3.34 Å². The van der Waals surface area contributed by atoms with Gasteiger partial charge in [-0.1, -0.05) is 20.8 Å². The van der Waals surface area contributed by atoms with Gasteiger partial charge < -0.3 is 17.2 Å². The van der Waals surface area contributed by atoms with Crippen molar-refractivity contribution in [1.29, 1.82) is 0 Å². The summed E-state index contributed by atoms with van der Waals surface area (Å²) < 4.78 is 3.85. The molecule has 0 aromatic carbocycles. The third-order valence-electron chi connectivity index (χ3n) is 0.141. The molecule has 0 fully saturated rings. The molecule has 0 heterocycles. The van der Waals surface area contributed by atoms with Gasteiger partial charge in [0.2, 0.25) is 0 Å². The molecule has 0 rings (SSSR count). The first-order valence-electron chi connectivity index (χ1n) is 4.41. The minimum absolute atomic E-state index is 0.500. The van der Waals surface area contributed by atoms with Crippen molar-refractivity contribution in [3.63, 3.8) is 0 Å². The zero-order valence-corrected chi connectivity index (χ0v) is 12.4. The average Bonchev–Trinajstić information content (AvgIpc) is 2.08. The third-order valence-corrected chi connectivity index (χ3v) is 1.16. The Kier molecular flexibility index (Phi) is 98.9. The van der Waals surface area contributed by atoms with Gasteiger partial charge in [0.05, 0.1) is 0 Å². The number of hydrogen-bond donors (Lipinski definition) is 0. The summed E-state index contributed by atoms with van der Waals surface area (Å²) in [7, 11) is 0. The van der Waals surface area contributed by atoms with Crippen LogP contribution in [0.3, 0.4) is 0 Å². The Morgan fingerprint density at radius 2 is 0.923 bits per heavy atom. The SMILES string of the molecule is CC[NH-].CC[NH-].CC[NH-].CC[N]=[Ta]. The van der Waals surface area contributed by atoms with Crippen LogP contribution in [0.1, 0.15) is 27.7 Å². The van der Waals surface area contributed by atoms with Crippen LogP contribution >= 0.6 is 0 Å². The van der Waals surface area contributed by atoms with Crippen molar-refractivity contribution >= 4 is 0 Å². The van der Waals surface area contributed by atoms with E-state index < -0.39 is 0 Å². The van der Waals surface area contributed by atoms with E-state index in [-0.39, 0.29) is 0 Å². The molecule has 0 aromatic heterocycles. The number of hydrogen-bond acceptors (Lipinski definition) is 1. The summed E-state index contributed by atoms with van der Waals surface area (Å²) in [5, 5.41) is 0. The molecule has 83 valence electrons. The number of rotatable bonds is 1. The van der Waals surface area contributed by atoms with Crippen LogP contribution in [0.25, 0.3) is 17.2 Å². The molecule has 0 aliphatic heterocycles. The summed E-state index contributed by atoms with van der Waals surface area (Å²) in [4.78, 5) is 0. The molecule has 4 nitrogen and oxygen atoms in total. The second-order valence-corrected chi connectivity index (χ2v) is 2.53. The van der Waals surface area contributed by atoms with E-state index in [1.54, 1.807) is 20.8 Å². The van der Waals surface area contributed by atoms with Crippen molar-refractivity contribution in [3.8, 4) is 0 Å². The fraction of sp³-hybridized carbons (Fsp3) is 1.00. The molecule has 13 heavy (non-hydrogen) atoms. The molecule has 0 unspecified atom stereocenters. The van der Waals surface area contributed by atoms with Crippen LogP contribution in [-0.4, -0.2) is 26.2 Å². The summed E-state index contributed by atoms with van der Waals surface area (Å²) >= 11 is 1.17. The van der Waals surface area contributed by atoms with Gasteiger partial charge in [-0.05, 0) is 0 Å². The second-order valence-electron chi connectivity index (χ2n) is 1.52. The standard InChI is InChI=1S/3C2H6N.C2H5N.Ta/c4*1-2-3;/h3*3H,2H2,1H3;2H2,1H3;/q3*-1;;. The molecular weight excluding hydrogens is 333 g/mol. The van der Waals surface area contributed by atoms with Gasteiger partial charge in [0.1, 0.15) is 0 Å². The molecule has 5 heteroatoms. The molecule has 0 atom stereocenters. The molecule has 3 N–H and O–H groups in total. The van der Waals surface area contributed by atoms with Crippen LogP contribution < -0.4 is 0 Å². The predicted molar refractivity (Wildman–Crippen MR) is 57.6 cm³/mol. The van der Waals surface area contributed by atoms with Crippen LogP contribution in [0.5, 0.6) is 0 Å². The van der Waals surface area contributed by atoms with E-state index in [9.17, 15) is 0 Å². The van der Waals surface area contributed by atoms with Gasteiger partial charge in [-0.3, -0.25) is 0 Å². The fourth-order valence-corrected chi connectivity index (χ4v) is 0. The molecule has 0 spiro atoms. The summed E-state index contributed by atoms with van der Waals surface area (Å²) in [6, 6.07) is 0. The van der Waals surface area contributed by atoms with Gasteiger partial charge in [-0.15, -0.1) is 0 Å². The Bertz CT molecular complexity index is 48.7. The molecular formula is C8H23N4Ta-3. The molecule has 0 bridgehead atoms. The van der Waals surface area contributed by atoms with Crippen LogP contribution in [0.4, 0.5) is 0 Å². The van der Waals surface area contributed by atoms with Crippen molar-refractivity contribution in [2.45, 2.75) is 27.7 Å². The molecule has 0 radical (unpaired) electrons. The van der Waals surface area contributed by atoms with Gasteiger partial charge in [0.25, 0.3) is 0 Å². The van der Waals surface area contributed by atoms with E-state index >= 15 is 0 Å². The van der Waals surface area contributed by atoms with E-state index in [1.165, 1.54) is 20.9 Å². The van der Waals surface area contributed by atoms with E-state index in [0.717, 1.165) is 6.54 Å². The maximum absolute atomic E-state index is 6.21. The molecule has 0 aliphatic carbocycles. The first-order valence-corrected chi connectivity index (χ1v) is 5.84. The van der Waals surface area contributed by atoms with Crippen LogP contribution in [0, 0.1) is 0 Å². The van der Waals surface area contributed by atoms with Crippen molar-refractivity contribution in [1.82, 2.24) is 0 Å². The van der Waals surface area contributed by atoms with Crippen LogP contribution in [-0.2, 0) is 20.9 Å². The first-order chi connectivity index (χ1) is 6.16. The Balaban J connectivity index is -0.0000000420. The van der Waals surface area contributed by atoms with Gasteiger partial charge >= 0.3 is 37.7 Å². The number of nitrogens with zero attached hydrogens (tertiary/aromatic N) is 1. The average molecular weight is 356 g/mol. The second kappa shape index (κ2) is 55.1.